The van der Waals surface area contributed by atoms with Gasteiger partial charge in [-0.25, -0.2) is 0 Å². The van der Waals surface area contributed by atoms with E-state index in [-0.39, 0.29) is 5.92 Å². The summed E-state index contributed by atoms with van der Waals surface area (Å²) in [4.78, 5) is 4.97. The number of hydrogen-bond acceptors (Lipinski definition) is 2. The Kier molecular flexibility index (Phi) is 7.79. The maximum absolute atomic E-state index is 2.49. The number of hydrogen-bond donors (Lipinski definition) is 0. The van der Waals surface area contributed by atoms with Crippen molar-refractivity contribution in [3.05, 3.63) is 187 Å². The minimum absolute atomic E-state index is 0.167. The first-order chi connectivity index (χ1) is 24.1. The van der Waals surface area contributed by atoms with Gasteiger partial charge in [0.25, 0.3) is 0 Å². The fourth-order valence-corrected chi connectivity index (χ4v) is 7.88. The third-order valence-corrected chi connectivity index (χ3v) is 11.5. The summed E-state index contributed by atoms with van der Waals surface area (Å²) in [7, 11) is 0. The van der Waals surface area contributed by atoms with Crippen molar-refractivity contribution in [1.29, 1.82) is 0 Å². The van der Waals surface area contributed by atoms with Crippen molar-refractivity contribution in [2.24, 2.45) is 0 Å². The number of benzene rings is 5. The second-order valence-corrected chi connectivity index (χ2v) is 14.7. The lowest BCUT2D eigenvalue weighted by Gasteiger charge is -2.40. The van der Waals surface area contributed by atoms with Crippen molar-refractivity contribution in [1.82, 2.24) is 0 Å². The van der Waals surface area contributed by atoms with E-state index < -0.39 is 0 Å². The lowest BCUT2D eigenvalue weighted by molar-refractivity contribution is 0.871. The second-order valence-electron chi connectivity index (χ2n) is 14.7. The summed E-state index contributed by atoms with van der Waals surface area (Å²) in [5, 5.41) is 0. The highest BCUT2D eigenvalue weighted by Crippen LogP contribution is 2.52. The summed E-state index contributed by atoms with van der Waals surface area (Å²) in [6.07, 6.45) is 12.8. The highest BCUT2D eigenvalue weighted by atomic mass is 15.2. The van der Waals surface area contributed by atoms with Crippen molar-refractivity contribution >= 4 is 34.5 Å². The Labute approximate surface area is 298 Å². The Morgan fingerprint density at radius 2 is 0.940 bits per heavy atom. The van der Waals surface area contributed by atoms with Gasteiger partial charge in [-0.3, -0.25) is 0 Å². The maximum atomic E-state index is 2.49. The van der Waals surface area contributed by atoms with Gasteiger partial charge in [0, 0.05) is 34.4 Å². The summed E-state index contributed by atoms with van der Waals surface area (Å²) >= 11 is 0. The topological polar surface area (TPSA) is 6.48 Å². The monoisotopic (exact) mass is 650 g/mol. The highest BCUT2D eigenvalue weighted by molar-refractivity contribution is 5.86. The third kappa shape index (κ3) is 5.26. The first-order valence-electron chi connectivity index (χ1n) is 17.9. The zero-order valence-corrected chi connectivity index (χ0v) is 30.6. The minimum atomic E-state index is 0.167. The molecular formula is C48H46N2. The molecule has 0 spiro atoms. The van der Waals surface area contributed by atoms with Crippen LogP contribution >= 0.6 is 0 Å². The van der Waals surface area contributed by atoms with E-state index in [1.807, 2.05) is 0 Å². The molecule has 0 radical (unpaired) electrons. The zero-order chi connectivity index (χ0) is 34.8. The predicted molar refractivity (Wildman–Crippen MR) is 214 cm³/mol. The highest BCUT2D eigenvalue weighted by Gasteiger charge is 2.36. The van der Waals surface area contributed by atoms with Crippen LogP contribution in [0.3, 0.4) is 0 Å². The molecule has 8 rings (SSSR count). The lowest BCUT2D eigenvalue weighted by atomic mass is 9.69. The summed E-state index contributed by atoms with van der Waals surface area (Å²) in [5.41, 5.74) is 24.6. The zero-order valence-electron chi connectivity index (χ0n) is 30.6. The van der Waals surface area contributed by atoms with E-state index in [1.165, 1.54) is 106 Å². The summed E-state index contributed by atoms with van der Waals surface area (Å²) in [6.45, 7) is 17.7. The van der Waals surface area contributed by atoms with Crippen LogP contribution in [0, 0.1) is 55.4 Å². The molecule has 5 aromatic carbocycles. The van der Waals surface area contributed by atoms with Gasteiger partial charge in [0.2, 0.25) is 0 Å². The standard InChI is InChI=1S/C48H46N2/c1-29-9-17-39(25-33(29)5)49(40-18-10-30(2)34(6)26-40)45-23-15-37-14-22-44-46(24-16-38-13-21-43(45)47(37)48(38)44)50(41-19-11-31(3)35(7)27-41)42-20-12-32(4)36(8)28-42/h9-21,23-28,47H,22H2,1-8H3. The molecule has 0 bridgehead atoms. The van der Waals surface area contributed by atoms with E-state index in [4.69, 9.17) is 0 Å². The van der Waals surface area contributed by atoms with Crippen molar-refractivity contribution in [2.75, 3.05) is 9.80 Å². The Bertz CT molecular complexity index is 2240. The Morgan fingerprint density at radius 3 is 1.42 bits per heavy atom. The molecule has 2 nitrogen and oxygen atoms in total. The molecular weight excluding hydrogens is 605 g/mol. The van der Waals surface area contributed by atoms with Crippen LogP contribution in [-0.2, 0) is 6.42 Å². The number of aryl methyl sites for hydroxylation is 8. The first kappa shape index (κ1) is 31.9. The van der Waals surface area contributed by atoms with Crippen molar-refractivity contribution < 1.29 is 0 Å². The molecule has 50 heavy (non-hydrogen) atoms. The van der Waals surface area contributed by atoms with Crippen molar-refractivity contribution in [3.8, 4) is 0 Å². The summed E-state index contributed by atoms with van der Waals surface area (Å²) in [6, 6.07) is 32.2. The molecule has 2 heteroatoms. The summed E-state index contributed by atoms with van der Waals surface area (Å²) in [5.74, 6) is 0.167. The molecule has 0 fully saturated rings. The Balaban J connectivity index is 1.34. The van der Waals surface area contributed by atoms with Gasteiger partial charge >= 0.3 is 0 Å². The average Bonchev–Trinajstić information content (AvgIpc) is 3.11. The molecule has 3 aliphatic rings. The van der Waals surface area contributed by atoms with Crippen LogP contribution in [0.2, 0.25) is 0 Å². The van der Waals surface area contributed by atoms with Crippen molar-refractivity contribution in [3.63, 3.8) is 0 Å². The largest absolute Gasteiger partial charge is 0.310 e. The molecule has 0 N–H and O–H groups in total. The molecule has 0 saturated heterocycles. The molecule has 0 amide bonds. The lowest BCUT2D eigenvalue weighted by Crippen LogP contribution is -2.26. The molecule has 0 saturated carbocycles. The Morgan fingerprint density at radius 1 is 0.460 bits per heavy atom. The molecule has 1 unspecified atom stereocenters. The van der Waals surface area contributed by atoms with Crippen LogP contribution in [0.5, 0.6) is 0 Å². The van der Waals surface area contributed by atoms with Crippen LogP contribution in [-0.4, -0.2) is 0 Å². The predicted octanol–water partition coefficient (Wildman–Crippen LogP) is 12.9. The molecule has 0 heterocycles. The van der Waals surface area contributed by atoms with Gasteiger partial charge < -0.3 is 9.80 Å². The van der Waals surface area contributed by atoms with E-state index >= 15 is 0 Å². The quantitative estimate of drug-likeness (QED) is 0.180. The number of anilines is 5. The fraction of sp³-hybridized carbons (Fsp3) is 0.208. The fourth-order valence-electron chi connectivity index (χ4n) is 7.88. The van der Waals surface area contributed by atoms with Crippen LogP contribution in [0.1, 0.15) is 67.1 Å². The SMILES string of the molecule is Cc1ccc(N(C2=C3C=Cc4ccc(N(c5ccc(C)c(C)c5)c5ccc(C)c(C)c5)c5c4C3C(=CC5)C=C2)c2ccc(C)c(C)c2)cc1C. The molecule has 0 aromatic heterocycles. The Hall–Kier alpha value is -5.34. The van der Waals surface area contributed by atoms with Gasteiger partial charge in [-0.2, -0.15) is 0 Å². The first-order valence-corrected chi connectivity index (χ1v) is 17.9. The van der Waals surface area contributed by atoms with E-state index in [1.54, 1.807) is 0 Å². The smallest absolute Gasteiger partial charge is 0.0503 e. The normalized spacial score (nSPS) is 15.6. The van der Waals surface area contributed by atoms with Crippen LogP contribution in [0.15, 0.2) is 126 Å². The molecule has 5 aromatic rings. The van der Waals surface area contributed by atoms with Gasteiger partial charge in [0.1, 0.15) is 0 Å². The van der Waals surface area contributed by atoms with E-state index in [9.17, 15) is 0 Å². The molecule has 3 aliphatic carbocycles. The van der Waals surface area contributed by atoms with Crippen LogP contribution in [0.25, 0.3) is 6.08 Å². The van der Waals surface area contributed by atoms with Crippen LogP contribution < -0.4 is 9.80 Å². The van der Waals surface area contributed by atoms with Gasteiger partial charge in [-0.1, -0.05) is 54.6 Å². The molecule has 0 aliphatic heterocycles. The third-order valence-electron chi connectivity index (χ3n) is 11.5. The van der Waals surface area contributed by atoms with Crippen molar-refractivity contribution in [2.45, 2.75) is 67.7 Å². The average molecular weight is 651 g/mol. The van der Waals surface area contributed by atoms with Crippen LogP contribution in [0.4, 0.5) is 28.4 Å². The number of allylic oxidation sites excluding steroid dienone is 6. The van der Waals surface area contributed by atoms with E-state index in [0.29, 0.717) is 0 Å². The van der Waals surface area contributed by atoms with E-state index in [0.717, 1.165) is 6.42 Å². The van der Waals surface area contributed by atoms with Gasteiger partial charge in [0.15, 0.2) is 0 Å². The van der Waals surface area contributed by atoms with Gasteiger partial charge in [0.05, 0.1) is 5.70 Å². The summed E-state index contributed by atoms with van der Waals surface area (Å²) < 4.78 is 0. The second kappa shape index (κ2) is 12.2. The number of rotatable bonds is 6. The minimum Gasteiger partial charge on any atom is -0.310 e. The van der Waals surface area contributed by atoms with E-state index in [2.05, 4.69) is 180 Å². The molecule has 248 valence electrons. The number of nitrogens with zero attached hydrogens (tertiary/aromatic N) is 2. The van der Waals surface area contributed by atoms with Gasteiger partial charge in [-0.15, -0.1) is 0 Å². The maximum Gasteiger partial charge on any atom is 0.0503 e. The van der Waals surface area contributed by atoms with Gasteiger partial charge in [-0.05, 0) is 195 Å². The molecule has 1 atom stereocenters.